The highest BCUT2D eigenvalue weighted by Crippen LogP contribution is 2.23. The second-order valence-corrected chi connectivity index (χ2v) is 8.04. The maximum Gasteiger partial charge on any atom is 0.234 e. The number of nitrogens with zero attached hydrogens (tertiary/aromatic N) is 6. The normalized spacial score (nSPS) is 11.6. The Kier molecular flexibility index (Phi) is 5.79. The second kappa shape index (κ2) is 8.08. The number of aromatic nitrogens is 6. The zero-order valence-corrected chi connectivity index (χ0v) is 17.0. The van der Waals surface area contributed by atoms with Crippen molar-refractivity contribution >= 4 is 23.4 Å². The number of carbonyl (C=O) groups excluding carboxylic acids is 1. The molecule has 0 aliphatic rings. The van der Waals surface area contributed by atoms with Crippen LogP contribution in [-0.4, -0.2) is 35.0 Å². The lowest BCUT2D eigenvalue weighted by Crippen LogP contribution is -2.15. The third kappa shape index (κ3) is 4.65. The number of hydrogen-bond donors (Lipinski definition) is 1. The van der Waals surface area contributed by atoms with Gasteiger partial charge in [0.1, 0.15) is 5.82 Å². The van der Waals surface area contributed by atoms with E-state index in [1.807, 2.05) is 30.5 Å². The van der Waals surface area contributed by atoms with Crippen molar-refractivity contribution in [2.45, 2.75) is 58.0 Å². The summed E-state index contributed by atoms with van der Waals surface area (Å²) in [6.07, 6.45) is 2.80. The molecule has 8 nitrogen and oxygen atoms in total. The molecule has 0 unspecified atom stereocenters. The first-order chi connectivity index (χ1) is 12.8. The lowest BCUT2D eigenvalue weighted by Gasteiger charge is -2.11. The zero-order valence-electron chi connectivity index (χ0n) is 16.1. The third-order valence-electron chi connectivity index (χ3n) is 4.10. The van der Waals surface area contributed by atoms with Crippen LogP contribution in [0.5, 0.6) is 0 Å². The monoisotopic (exact) mass is 387 g/mol. The molecule has 3 rings (SSSR count). The minimum atomic E-state index is -0.328. The highest BCUT2D eigenvalue weighted by atomic mass is 32.2. The fraction of sp³-hybridized carbons (Fsp3) is 0.500. The number of rotatable bonds is 8. The summed E-state index contributed by atoms with van der Waals surface area (Å²) in [7, 11) is 0. The molecule has 0 aliphatic carbocycles. The van der Waals surface area contributed by atoms with Crippen molar-refractivity contribution in [3.63, 3.8) is 0 Å². The molecular formula is C18H25N7OS. The van der Waals surface area contributed by atoms with Crippen LogP contribution in [0.2, 0.25) is 0 Å². The molecule has 0 radical (unpaired) electrons. The van der Waals surface area contributed by atoms with Crippen LogP contribution in [0.1, 0.15) is 43.2 Å². The summed E-state index contributed by atoms with van der Waals surface area (Å²) in [6, 6.07) is 2.04. The van der Waals surface area contributed by atoms with Crippen molar-refractivity contribution in [2.75, 3.05) is 0 Å². The van der Waals surface area contributed by atoms with Gasteiger partial charge in [0.25, 0.3) is 0 Å². The van der Waals surface area contributed by atoms with Crippen LogP contribution in [-0.2, 0) is 23.5 Å². The van der Waals surface area contributed by atoms with E-state index in [1.54, 1.807) is 11.8 Å². The van der Waals surface area contributed by atoms with Gasteiger partial charge in [-0.3, -0.25) is 9.20 Å². The Hall–Kier alpha value is -2.42. The lowest BCUT2D eigenvalue weighted by molar-refractivity contribution is -0.118. The molecule has 1 amide bonds. The first-order valence-corrected chi connectivity index (χ1v) is 9.97. The van der Waals surface area contributed by atoms with Crippen molar-refractivity contribution in [2.24, 2.45) is 11.7 Å². The number of aryl methyl sites for hydroxylation is 3. The highest BCUT2D eigenvalue weighted by Gasteiger charge is 2.15. The molecule has 2 N–H and O–H groups in total. The summed E-state index contributed by atoms with van der Waals surface area (Å²) in [5.74, 6) is 2.30. The molecule has 9 heteroatoms. The van der Waals surface area contributed by atoms with Crippen LogP contribution in [0.25, 0.3) is 5.78 Å². The summed E-state index contributed by atoms with van der Waals surface area (Å²) in [6.45, 7) is 9.10. The molecule has 3 aromatic rings. The predicted octanol–water partition coefficient (Wildman–Crippen LogP) is 2.30. The average molecular weight is 388 g/mol. The molecule has 0 bridgehead atoms. The third-order valence-corrected chi connectivity index (χ3v) is 5.10. The van der Waals surface area contributed by atoms with Crippen LogP contribution >= 0.6 is 11.8 Å². The van der Waals surface area contributed by atoms with E-state index in [1.165, 1.54) is 0 Å². The minimum Gasteiger partial charge on any atom is -0.370 e. The van der Waals surface area contributed by atoms with Crippen molar-refractivity contribution in [3.05, 3.63) is 35.2 Å². The number of thioether (sulfide) groups is 1. The number of nitrogens with two attached hydrogens (primary N) is 1. The highest BCUT2D eigenvalue weighted by molar-refractivity contribution is 7.98. The maximum atomic E-state index is 11.1. The quantitative estimate of drug-likeness (QED) is 0.595. The van der Waals surface area contributed by atoms with Crippen LogP contribution in [0.15, 0.2) is 17.4 Å². The summed E-state index contributed by atoms with van der Waals surface area (Å²) in [4.78, 5) is 20.2. The Labute approximate surface area is 162 Å². The van der Waals surface area contributed by atoms with Gasteiger partial charge in [-0.1, -0.05) is 25.6 Å². The molecule has 0 fully saturated rings. The molecule has 0 saturated carbocycles. The molecule has 0 aromatic carbocycles. The number of carbonyl (C=O) groups is 1. The lowest BCUT2D eigenvalue weighted by atomic mass is 10.2. The van der Waals surface area contributed by atoms with Crippen LogP contribution in [0, 0.1) is 19.8 Å². The van der Waals surface area contributed by atoms with Gasteiger partial charge in [-0.15, -0.1) is 10.2 Å². The fourth-order valence-corrected chi connectivity index (χ4v) is 3.77. The van der Waals surface area contributed by atoms with Crippen LogP contribution < -0.4 is 5.73 Å². The van der Waals surface area contributed by atoms with Gasteiger partial charge in [0, 0.05) is 42.7 Å². The number of imidazole rings is 1. The summed E-state index contributed by atoms with van der Waals surface area (Å²) >= 11 is 1.59. The average Bonchev–Trinajstić information content (AvgIpc) is 3.14. The van der Waals surface area contributed by atoms with E-state index < -0.39 is 0 Å². The largest absolute Gasteiger partial charge is 0.370 e. The topological polar surface area (TPSA) is 104 Å². The standard InChI is InChI=1S/C18H25N7OS/c1-11(2)8-25-16(6-5-15(19)26)22-23-18(25)27-10-14-9-24-13(4)7-12(3)20-17(24)21-14/h7,9,11H,5-6,8,10H2,1-4H3,(H2,19,26). The molecule has 0 spiro atoms. The number of hydrogen-bond acceptors (Lipinski definition) is 6. The van der Waals surface area contributed by atoms with E-state index in [2.05, 4.69) is 38.6 Å². The zero-order chi connectivity index (χ0) is 19.6. The van der Waals surface area contributed by atoms with E-state index in [9.17, 15) is 4.79 Å². The number of amides is 1. The molecule has 0 aliphatic heterocycles. The van der Waals surface area contributed by atoms with E-state index >= 15 is 0 Å². The van der Waals surface area contributed by atoms with Crippen molar-refractivity contribution in [1.29, 1.82) is 0 Å². The van der Waals surface area contributed by atoms with Gasteiger partial charge in [0.2, 0.25) is 11.7 Å². The number of primary amides is 1. The SMILES string of the molecule is Cc1cc(C)n2cc(CSc3nnc(CCC(N)=O)n3CC(C)C)nc2n1. The van der Waals surface area contributed by atoms with Gasteiger partial charge in [0.05, 0.1) is 5.69 Å². The predicted molar refractivity (Wildman–Crippen MR) is 104 cm³/mol. The molecule has 27 heavy (non-hydrogen) atoms. The Morgan fingerprint density at radius 3 is 2.74 bits per heavy atom. The van der Waals surface area contributed by atoms with Crippen LogP contribution in [0.4, 0.5) is 0 Å². The summed E-state index contributed by atoms with van der Waals surface area (Å²) in [5, 5.41) is 9.42. The fourth-order valence-electron chi connectivity index (χ4n) is 2.92. The van der Waals surface area contributed by atoms with Gasteiger partial charge < -0.3 is 10.3 Å². The van der Waals surface area contributed by atoms with E-state index in [4.69, 9.17) is 5.73 Å². The van der Waals surface area contributed by atoms with Crippen molar-refractivity contribution in [1.82, 2.24) is 29.1 Å². The second-order valence-electron chi connectivity index (χ2n) is 7.10. The summed E-state index contributed by atoms with van der Waals surface area (Å²) < 4.78 is 4.09. The number of fused-ring (bicyclic) bond motifs is 1. The van der Waals surface area contributed by atoms with Crippen molar-refractivity contribution in [3.8, 4) is 0 Å². The molecule has 0 saturated heterocycles. The molecular weight excluding hydrogens is 362 g/mol. The molecule has 3 heterocycles. The maximum absolute atomic E-state index is 11.1. The van der Waals surface area contributed by atoms with Gasteiger partial charge in [-0.2, -0.15) is 0 Å². The first-order valence-electron chi connectivity index (χ1n) is 8.99. The van der Waals surface area contributed by atoms with E-state index in [0.29, 0.717) is 23.9 Å². The molecule has 3 aromatic heterocycles. The first kappa shape index (κ1) is 19.3. The Balaban J connectivity index is 1.78. The van der Waals surface area contributed by atoms with Gasteiger partial charge in [-0.25, -0.2) is 9.97 Å². The van der Waals surface area contributed by atoms with E-state index in [-0.39, 0.29) is 12.3 Å². The Morgan fingerprint density at radius 2 is 2.04 bits per heavy atom. The molecule has 144 valence electrons. The van der Waals surface area contributed by atoms with Gasteiger partial charge >= 0.3 is 0 Å². The van der Waals surface area contributed by atoms with Crippen molar-refractivity contribution < 1.29 is 4.79 Å². The van der Waals surface area contributed by atoms with Crippen LogP contribution in [0.3, 0.4) is 0 Å². The summed E-state index contributed by atoms with van der Waals surface area (Å²) in [5.41, 5.74) is 8.29. The van der Waals surface area contributed by atoms with Gasteiger partial charge in [-0.05, 0) is 25.8 Å². The Morgan fingerprint density at radius 1 is 1.26 bits per heavy atom. The van der Waals surface area contributed by atoms with Gasteiger partial charge in [0.15, 0.2) is 5.16 Å². The minimum absolute atomic E-state index is 0.275. The van der Waals surface area contributed by atoms with E-state index in [0.717, 1.165) is 34.6 Å². The smallest absolute Gasteiger partial charge is 0.234 e. The Bertz CT molecular complexity index is 960. The molecule has 0 atom stereocenters.